The number of carbonyl (C=O) groups excluding carboxylic acids is 2. The van der Waals surface area contributed by atoms with Crippen LogP contribution in [0.25, 0.3) is 0 Å². The van der Waals surface area contributed by atoms with Crippen LogP contribution in [-0.4, -0.2) is 99.6 Å². The molecule has 6 N–H and O–H groups in total. The smallest absolute Gasteiger partial charge is 0.306 e. The third-order valence-electron chi connectivity index (χ3n) is 16.2. The Morgan fingerprint density at radius 2 is 0.837 bits per heavy atom. The third kappa shape index (κ3) is 48.5. The Kier molecular flexibility index (Phi) is 57.9. The number of nitrogens with one attached hydrogen (secondary N) is 1. The van der Waals surface area contributed by atoms with Crippen LogP contribution in [0.15, 0.2) is 97.2 Å². The first kappa shape index (κ1) is 80.6. The lowest BCUT2D eigenvalue weighted by Crippen LogP contribution is -2.61. The van der Waals surface area contributed by atoms with Crippen LogP contribution in [0.3, 0.4) is 0 Å². The minimum absolute atomic E-state index is 0.118. The molecule has 0 spiro atoms. The number of rotatable bonds is 60. The fourth-order valence-corrected chi connectivity index (χ4v) is 10.7. The molecule has 0 saturated carbocycles. The summed E-state index contributed by atoms with van der Waals surface area (Å²) in [6, 6.07) is -1.04. The van der Waals surface area contributed by atoms with Crippen LogP contribution in [-0.2, 0) is 23.8 Å². The Morgan fingerprint density at radius 1 is 0.465 bits per heavy atom. The summed E-state index contributed by atoms with van der Waals surface area (Å²) in [7, 11) is 0. The van der Waals surface area contributed by atoms with Crippen LogP contribution < -0.4 is 5.32 Å². The van der Waals surface area contributed by atoms with E-state index in [1.165, 1.54) is 148 Å². The summed E-state index contributed by atoms with van der Waals surface area (Å²) in [6.45, 7) is 5.69. The molecule has 8 atom stereocenters. The largest absolute Gasteiger partial charge is 0.454 e. The second-order valence-electron chi connectivity index (χ2n) is 24.2. The predicted octanol–water partition coefficient (Wildman–Crippen LogP) is 18.2. The summed E-state index contributed by atoms with van der Waals surface area (Å²) in [4.78, 5) is 26.7. The maximum Gasteiger partial charge on any atom is 0.306 e. The highest BCUT2D eigenvalue weighted by molar-refractivity contribution is 5.80. The summed E-state index contributed by atoms with van der Waals surface area (Å²) in [5.74, 6) is -1.21. The van der Waals surface area contributed by atoms with Gasteiger partial charge in [0.15, 0.2) is 12.4 Å². The molecule has 1 amide bonds. The number of aliphatic hydroxyl groups is 5. The zero-order valence-corrected chi connectivity index (χ0v) is 55.2. The SMILES string of the molecule is CC/C=C\C/C=C\C/C=C\C/C=C\C/C=C\C/C=C\CCCCCCCC(O)C(=O)NC(COC1OC(CO)C(O)C(O)C1OC(=O)CCCCCCCCCCCCC/C=C/CCCCCCCC)C(O)/C=C/CCCCCCCCCCCC. The van der Waals surface area contributed by atoms with E-state index >= 15 is 0 Å². The average molecular weight is 1210 g/mol. The number of carbonyl (C=O) groups is 2. The van der Waals surface area contributed by atoms with Crippen molar-refractivity contribution in [1.82, 2.24) is 5.32 Å². The first-order chi connectivity index (χ1) is 42.2. The predicted molar refractivity (Wildman–Crippen MR) is 361 cm³/mol. The summed E-state index contributed by atoms with van der Waals surface area (Å²) >= 11 is 0. The highest BCUT2D eigenvalue weighted by Gasteiger charge is 2.47. The summed E-state index contributed by atoms with van der Waals surface area (Å²) < 4.78 is 17.7. The lowest BCUT2D eigenvalue weighted by atomic mass is 9.99. The van der Waals surface area contributed by atoms with Gasteiger partial charge in [0.05, 0.1) is 25.4 Å². The molecule has 0 radical (unpaired) electrons. The summed E-state index contributed by atoms with van der Waals surface area (Å²) in [5.41, 5.74) is 0. The van der Waals surface area contributed by atoms with E-state index < -0.39 is 67.4 Å². The van der Waals surface area contributed by atoms with E-state index in [4.69, 9.17) is 14.2 Å². The van der Waals surface area contributed by atoms with Gasteiger partial charge >= 0.3 is 5.97 Å². The molecule has 1 rings (SSSR count). The topological polar surface area (TPSA) is 175 Å². The summed E-state index contributed by atoms with van der Waals surface area (Å²) in [6.07, 6.45) is 73.0. The van der Waals surface area contributed by atoms with Crippen molar-refractivity contribution in [3.8, 4) is 0 Å². The van der Waals surface area contributed by atoms with Gasteiger partial charge in [-0.05, 0) is 103 Å². The molecule has 0 aliphatic carbocycles. The van der Waals surface area contributed by atoms with Gasteiger partial charge in [0, 0.05) is 6.42 Å². The third-order valence-corrected chi connectivity index (χ3v) is 16.2. The van der Waals surface area contributed by atoms with E-state index in [1.54, 1.807) is 6.08 Å². The molecule has 1 saturated heterocycles. The zero-order valence-electron chi connectivity index (χ0n) is 55.2. The van der Waals surface area contributed by atoms with Crippen LogP contribution in [0.5, 0.6) is 0 Å². The van der Waals surface area contributed by atoms with Gasteiger partial charge in [0.1, 0.15) is 24.4 Å². The van der Waals surface area contributed by atoms with Gasteiger partial charge in [-0.25, -0.2) is 0 Å². The Hall–Kier alpha value is -3.42. The van der Waals surface area contributed by atoms with Gasteiger partial charge < -0.3 is 45.1 Å². The fraction of sp³-hybridized carbons (Fsp3) is 0.760. The van der Waals surface area contributed by atoms with Crippen LogP contribution in [0.1, 0.15) is 303 Å². The molecule has 8 unspecified atom stereocenters. The Morgan fingerprint density at radius 3 is 1.27 bits per heavy atom. The number of aliphatic hydroxyl groups excluding tert-OH is 5. The lowest BCUT2D eigenvalue weighted by molar-refractivity contribution is -0.305. The van der Waals surface area contributed by atoms with E-state index in [-0.39, 0.29) is 19.4 Å². The van der Waals surface area contributed by atoms with Crippen molar-refractivity contribution in [3.63, 3.8) is 0 Å². The molecule has 496 valence electrons. The molecular formula is C75H131NO10. The van der Waals surface area contributed by atoms with Crippen molar-refractivity contribution in [2.75, 3.05) is 13.2 Å². The van der Waals surface area contributed by atoms with Crippen molar-refractivity contribution in [3.05, 3.63) is 97.2 Å². The number of amides is 1. The van der Waals surface area contributed by atoms with Gasteiger partial charge in [-0.2, -0.15) is 0 Å². The maximum atomic E-state index is 13.5. The van der Waals surface area contributed by atoms with Crippen molar-refractivity contribution in [2.24, 2.45) is 0 Å². The zero-order chi connectivity index (χ0) is 62.4. The van der Waals surface area contributed by atoms with Crippen LogP contribution >= 0.6 is 0 Å². The monoisotopic (exact) mass is 1210 g/mol. The first-order valence-corrected chi connectivity index (χ1v) is 35.5. The van der Waals surface area contributed by atoms with E-state index in [2.05, 4.69) is 111 Å². The first-order valence-electron chi connectivity index (χ1n) is 35.5. The number of esters is 1. The number of hydrogen-bond donors (Lipinski definition) is 6. The van der Waals surface area contributed by atoms with Crippen LogP contribution in [0.2, 0.25) is 0 Å². The van der Waals surface area contributed by atoms with E-state index in [1.807, 2.05) is 6.08 Å². The molecule has 0 aromatic carbocycles. The normalized spacial score (nSPS) is 18.9. The minimum Gasteiger partial charge on any atom is -0.454 e. The molecule has 1 aliphatic heterocycles. The van der Waals surface area contributed by atoms with Crippen molar-refractivity contribution in [2.45, 2.75) is 352 Å². The molecule has 86 heavy (non-hydrogen) atoms. The average Bonchev–Trinajstić information content (AvgIpc) is 3.68. The van der Waals surface area contributed by atoms with Crippen LogP contribution in [0, 0.1) is 0 Å². The standard InChI is InChI=1S/C75H131NO10/c1-4-7-10-13-16-19-22-25-27-29-31-33-34-35-37-38-40-42-44-47-50-53-56-59-62-68(79)74(83)76-66(67(78)61-58-55-52-49-46-24-21-18-15-12-9-6-3)65-84-75-73(72(82)71(81)69(64-77)85-75)86-70(80)63-60-57-54-51-48-45-43-41-39-36-32-30-28-26-23-20-17-14-11-8-5-2/h7,10,16,19,25-28,31,33,35,37,40,42,58,61,66-69,71-73,75,77-79,81-82H,4-6,8-9,11-15,17-18,20-24,29-30,32,34,36,38-39,41,43-57,59-60,62-65H2,1-3H3,(H,76,83)/b10-7-,19-16-,27-25-,28-26+,33-31-,37-35-,42-40-,61-58+. The number of ether oxygens (including phenoxy) is 3. The van der Waals surface area contributed by atoms with Crippen molar-refractivity contribution in [1.29, 1.82) is 0 Å². The van der Waals surface area contributed by atoms with Crippen molar-refractivity contribution >= 4 is 11.9 Å². The van der Waals surface area contributed by atoms with E-state index in [0.717, 1.165) is 109 Å². The molecule has 0 bridgehead atoms. The molecule has 0 aromatic heterocycles. The molecule has 1 aliphatic rings. The van der Waals surface area contributed by atoms with Gasteiger partial charge in [-0.1, -0.05) is 291 Å². The van der Waals surface area contributed by atoms with Gasteiger partial charge in [-0.3, -0.25) is 9.59 Å². The number of hydrogen-bond acceptors (Lipinski definition) is 10. The second-order valence-corrected chi connectivity index (χ2v) is 24.2. The quantitative estimate of drug-likeness (QED) is 0.0195. The molecule has 1 heterocycles. The maximum absolute atomic E-state index is 13.5. The molecular weight excluding hydrogens is 1070 g/mol. The minimum atomic E-state index is -1.62. The highest BCUT2D eigenvalue weighted by atomic mass is 16.7. The van der Waals surface area contributed by atoms with Gasteiger partial charge in [-0.15, -0.1) is 0 Å². The van der Waals surface area contributed by atoms with Gasteiger partial charge in [0.25, 0.3) is 0 Å². The fourth-order valence-electron chi connectivity index (χ4n) is 10.7. The van der Waals surface area contributed by atoms with Crippen LogP contribution in [0.4, 0.5) is 0 Å². The molecule has 1 fully saturated rings. The lowest BCUT2D eigenvalue weighted by Gasteiger charge is -2.41. The van der Waals surface area contributed by atoms with E-state index in [0.29, 0.717) is 12.8 Å². The van der Waals surface area contributed by atoms with Crippen molar-refractivity contribution < 1.29 is 49.3 Å². The Balaban J connectivity index is 2.61. The van der Waals surface area contributed by atoms with E-state index in [9.17, 15) is 35.1 Å². The molecule has 0 aromatic rings. The number of unbranched alkanes of at least 4 members (excludes halogenated alkanes) is 32. The second kappa shape index (κ2) is 61.8. The molecule has 11 heteroatoms. The number of allylic oxidation sites excluding steroid dienone is 15. The summed E-state index contributed by atoms with van der Waals surface area (Å²) in [5, 5.41) is 57.2. The van der Waals surface area contributed by atoms with Gasteiger partial charge in [0.2, 0.25) is 5.91 Å². The highest BCUT2D eigenvalue weighted by Crippen LogP contribution is 2.26. The Bertz CT molecular complexity index is 1770. The Labute approximate surface area is 526 Å². The molecule has 11 nitrogen and oxygen atoms in total.